The van der Waals surface area contributed by atoms with Gasteiger partial charge in [0, 0.05) is 12.0 Å². The van der Waals surface area contributed by atoms with Crippen LogP contribution in [0.2, 0.25) is 0 Å². The predicted octanol–water partition coefficient (Wildman–Crippen LogP) is 1.03. The van der Waals surface area contributed by atoms with Gasteiger partial charge in [0.05, 0.1) is 16.9 Å². The second kappa shape index (κ2) is 4.95. The van der Waals surface area contributed by atoms with Gasteiger partial charge >= 0.3 is 5.97 Å². The Balaban J connectivity index is 2.99. The molecule has 0 saturated heterocycles. The van der Waals surface area contributed by atoms with Crippen LogP contribution in [0.1, 0.15) is 30.6 Å². The van der Waals surface area contributed by atoms with E-state index in [0.717, 1.165) is 0 Å². The van der Waals surface area contributed by atoms with Gasteiger partial charge in [-0.1, -0.05) is 0 Å². The van der Waals surface area contributed by atoms with Crippen LogP contribution >= 0.6 is 0 Å². The fraction of sp³-hybridized carbons (Fsp3) is 0.333. The molecule has 0 unspecified atom stereocenters. The number of amides is 1. The van der Waals surface area contributed by atoms with Gasteiger partial charge in [0.25, 0.3) is 0 Å². The fourth-order valence-corrected chi connectivity index (χ4v) is 1.64. The van der Waals surface area contributed by atoms with Crippen molar-refractivity contribution in [1.29, 1.82) is 0 Å². The lowest BCUT2D eigenvalue weighted by Crippen LogP contribution is -2.36. The lowest BCUT2D eigenvalue weighted by Gasteiger charge is -2.27. The van der Waals surface area contributed by atoms with Crippen LogP contribution in [-0.2, 0) is 4.79 Å². The summed E-state index contributed by atoms with van der Waals surface area (Å²) >= 11 is 0. The maximum Gasteiger partial charge on any atom is 0.335 e. The first-order valence-corrected chi connectivity index (χ1v) is 5.40. The van der Waals surface area contributed by atoms with Crippen LogP contribution in [-0.4, -0.2) is 22.5 Å². The number of hydrogen-bond donors (Lipinski definition) is 4. The van der Waals surface area contributed by atoms with E-state index in [4.69, 9.17) is 16.6 Å². The Morgan fingerprint density at radius 3 is 2.50 bits per heavy atom. The minimum atomic E-state index is -1.04. The van der Waals surface area contributed by atoms with Gasteiger partial charge in [-0.15, -0.1) is 0 Å². The second-order valence-corrected chi connectivity index (χ2v) is 4.76. The molecule has 0 spiro atoms. The summed E-state index contributed by atoms with van der Waals surface area (Å²) in [6.07, 6.45) is 0.115. The first-order chi connectivity index (χ1) is 8.21. The molecule has 6 nitrogen and oxygen atoms in total. The topological polar surface area (TPSA) is 118 Å². The van der Waals surface area contributed by atoms with Crippen molar-refractivity contribution in [2.24, 2.45) is 5.73 Å². The number of rotatable bonds is 5. The van der Waals surface area contributed by atoms with Gasteiger partial charge in [0.2, 0.25) is 5.91 Å². The highest BCUT2D eigenvalue weighted by Gasteiger charge is 2.21. The molecule has 0 aliphatic rings. The summed E-state index contributed by atoms with van der Waals surface area (Å²) in [5.41, 5.74) is 11.3. The molecule has 1 rings (SSSR count). The van der Waals surface area contributed by atoms with Crippen LogP contribution in [0.3, 0.4) is 0 Å². The van der Waals surface area contributed by atoms with E-state index in [2.05, 4.69) is 5.32 Å². The number of hydrogen-bond acceptors (Lipinski definition) is 4. The predicted molar refractivity (Wildman–Crippen MR) is 69.3 cm³/mol. The van der Waals surface area contributed by atoms with E-state index in [1.54, 1.807) is 13.8 Å². The van der Waals surface area contributed by atoms with E-state index in [1.807, 2.05) is 0 Å². The Bertz CT molecular complexity index is 483. The molecule has 1 amide bonds. The molecule has 0 fully saturated rings. The fourth-order valence-electron chi connectivity index (χ4n) is 1.64. The maximum atomic E-state index is 10.9. The minimum absolute atomic E-state index is 0.115. The molecule has 0 heterocycles. The molecule has 0 aliphatic carbocycles. The molecule has 6 heteroatoms. The van der Waals surface area contributed by atoms with Crippen LogP contribution in [0.15, 0.2) is 18.2 Å². The van der Waals surface area contributed by atoms with Crippen LogP contribution in [0.4, 0.5) is 11.4 Å². The van der Waals surface area contributed by atoms with Gasteiger partial charge in [-0.25, -0.2) is 4.79 Å². The number of nitrogens with one attached hydrogen (secondary N) is 1. The number of anilines is 2. The molecule has 1 aromatic carbocycles. The molecule has 6 N–H and O–H groups in total. The molecule has 98 valence electrons. The van der Waals surface area contributed by atoms with Crippen LogP contribution in [0, 0.1) is 0 Å². The van der Waals surface area contributed by atoms with E-state index in [1.165, 1.54) is 18.2 Å². The summed E-state index contributed by atoms with van der Waals surface area (Å²) in [5, 5.41) is 11.9. The van der Waals surface area contributed by atoms with Crippen LogP contribution in [0.5, 0.6) is 0 Å². The average molecular weight is 251 g/mol. The highest BCUT2D eigenvalue weighted by molar-refractivity contribution is 5.90. The quantitative estimate of drug-likeness (QED) is 0.583. The number of carbonyl (C=O) groups is 2. The van der Waals surface area contributed by atoms with E-state index in [9.17, 15) is 9.59 Å². The third-order valence-electron chi connectivity index (χ3n) is 2.39. The number of primary amides is 1. The van der Waals surface area contributed by atoms with E-state index in [0.29, 0.717) is 11.4 Å². The maximum absolute atomic E-state index is 10.9. The molecule has 0 saturated carbocycles. The molecular formula is C12H17N3O3. The lowest BCUT2D eigenvalue weighted by molar-refractivity contribution is -0.118. The highest BCUT2D eigenvalue weighted by Crippen LogP contribution is 2.25. The number of nitrogens with two attached hydrogens (primary N) is 2. The third-order valence-corrected chi connectivity index (χ3v) is 2.39. The molecule has 0 aliphatic heterocycles. The number of benzene rings is 1. The van der Waals surface area contributed by atoms with E-state index >= 15 is 0 Å². The Morgan fingerprint density at radius 1 is 1.39 bits per heavy atom. The van der Waals surface area contributed by atoms with Gasteiger partial charge in [-0.05, 0) is 32.0 Å². The molecular weight excluding hydrogens is 234 g/mol. The van der Waals surface area contributed by atoms with Gasteiger partial charge < -0.3 is 21.9 Å². The average Bonchev–Trinajstić information content (AvgIpc) is 2.18. The standard InChI is InChI=1S/C12H17N3O3/c1-12(2,6-10(14)16)15-9-5-7(11(17)18)3-4-8(9)13/h3-5,15H,6,13H2,1-2H3,(H2,14,16)(H,17,18). The first-order valence-electron chi connectivity index (χ1n) is 5.40. The molecule has 0 atom stereocenters. The molecule has 0 bridgehead atoms. The summed E-state index contributed by atoms with van der Waals surface area (Å²) in [6.45, 7) is 3.56. The largest absolute Gasteiger partial charge is 0.478 e. The Morgan fingerprint density at radius 2 is 2.00 bits per heavy atom. The summed E-state index contributed by atoms with van der Waals surface area (Å²) in [5.74, 6) is -1.48. The van der Waals surface area contributed by atoms with Crippen molar-refractivity contribution in [3.8, 4) is 0 Å². The molecule has 18 heavy (non-hydrogen) atoms. The second-order valence-electron chi connectivity index (χ2n) is 4.76. The van der Waals surface area contributed by atoms with Crippen LogP contribution in [0.25, 0.3) is 0 Å². The number of aromatic carboxylic acids is 1. The Kier molecular flexibility index (Phi) is 3.80. The summed E-state index contributed by atoms with van der Waals surface area (Å²) in [4.78, 5) is 21.8. The smallest absolute Gasteiger partial charge is 0.335 e. The normalized spacial score (nSPS) is 11.0. The van der Waals surface area contributed by atoms with Crippen molar-refractivity contribution in [1.82, 2.24) is 0 Å². The zero-order valence-corrected chi connectivity index (χ0v) is 10.4. The number of carbonyl (C=O) groups excluding carboxylic acids is 1. The van der Waals surface area contributed by atoms with E-state index in [-0.39, 0.29) is 12.0 Å². The summed E-state index contributed by atoms with van der Waals surface area (Å²) in [6, 6.07) is 4.36. The zero-order chi connectivity index (χ0) is 13.9. The van der Waals surface area contributed by atoms with Crippen molar-refractivity contribution in [3.05, 3.63) is 23.8 Å². The van der Waals surface area contributed by atoms with Gasteiger partial charge in [0.1, 0.15) is 0 Å². The third kappa shape index (κ3) is 3.65. The Labute approximate surface area is 105 Å². The summed E-state index contributed by atoms with van der Waals surface area (Å²) in [7, 11) is 0. The minimum Gasteiger partial charge on any atom is -0.478 e. The van der Waals surface area contributed by atoms with E-state index < -0.39 is 17.4 Å². The van der Waals surface area contributed by atoms with Crippen LogP contribution < -0.4 is 16.8 Å². The molecule has 1 aromatic rings. The lowest BCUT2D eigenvalue weighted by atomic mass is 9.99. The van der Waals surface area contributed by atoms with Gasteiger partial charge in [0.15, 0.2) is 0 Å². The van der Waals surface area contributed by atoms with Gasteiger partial charge in [-0.3, -0.25) is 4.79 Å². The summed E-state index contributed by atoms with van der Waals surface area (Å²) < 4.78 is 0. The SMILES string of the molecule is CC(C)(CC(N)=O)Nc1cc(C(=O)O)ccc1N. The number of carboxylic acids is 1. The zero-order valence-electron chi connectivity index (χ0n) is 10.4. The highest BCUT2D eigenvalue weighted by atomic mass is 16.4. The Hall–Kier alpha value is -2.24. The first kappa shape index (κ1) is 13.8. The number of carboxylic acid groups (broad SMARTS) is 1. The molecule has 0 radical (unpaired) electrons. The van der Waals surface area contributed by atoms with Crippen molar-refractivity contribution in [3.63, 3.8) is 0 Å². The van der Waals surface area contributed by atoms with Crippen molar-refractivity contribution in [2.75, 3.05) is 11.1 Å². The van der Waals surface area contributed by atoms with Crippen molar-refractivity contribution in [2.45, 2.75) is 25.8 Å². The van der Waals surface area contributed by atoms with Crippen molar-refractivity contribution < 1.29 is 14.7 Å². The van der Waals surface area contributed by atoms with Crippen molar-refractivity contribution >= 4 is 23.3 Å². The van der Waals surface area contributed by atoms with Gasteiger partial charge in [-0.2, -0.15) is 0 Å². The number of nitrogen functional groups attached to an aromatic ring is 1. The molecule has 0 aromatic heterocycles. The monoisotopic (exact) mass is 251 g/mol.